The molecule has 2 N–H and O–H groups in total. The zero-order chi connectivity index (χ0) is 14.2. The van der Waals surface area contributed by atoms with E-state index in [2.05, 4.69) is 35.1 Å². The van der Waals surface area contributed by atoms with Gasteiger partial charge in [-0.25, -0.2) is 4.99 Å². The third-order valence-corrected chi connectivity index (χ3v) is 4.52. The molecule has 0 fully saturated rings. The minimum atomic E-state index is 0.311. The first-order valence-electron chi connectivity index (χ1n) is 6.85. The number of hydrazone groups is 1. The molecule has 21 heavy (non-hydrogen) atoms. The number of nitrogens with one attached hydrogen (secondary N) is 2. The highest BCUT2D eigenvalue weighted by Gasteiger charge is 2.36. The molecule has 0 aliphatic carbocycles. The molecule has 0 saturated heterocycles. The molecule has 4 heterocycles. The molecule has 7 nitrogen and oxygen atoms in total. The minimum Gasteiger partial charge on any atom is -0.328 e. The number of anilines is 1. The van der Waals surface area contributed by atoms with Crippen molar-refractivity contribution in [2.24, 2.45) is 21.0 Å². The van der Waals surface area contributed by atoms with Crippen molar-refractivity contribution in [3.8, 4) is 0 Å². The highest BCUT2D eigenvalue weighted by Crippen LogP contribution is 2.24. The van der Waals surface area contributed by atoms with Crippen LogP contribution >= 0.6 is 11.5 Å². The second kappa shape index (κ2) is 4.96. The second-order valence-corrected chi connectivity index (χ2v) is 5.98. The predicted octanol–water partition coefficient (Wildman–Crippen LogP) is 1.03. The molecule has 0 aromatic carbocycles. The quantitative estimate of drug-likeness (QED) is 0.855. The average Bonchev–Trinajstić information content (AvgIpc) is 3.18. The van der Waals surface area contributed by atoms with Crippen LogP contribution in [0, 0.1) is 12.8 Å². The molecule has 1 aromatic rings. The van der Waals surface area contributed by atoms with E-state index in [1.54, 1.807) is 0 Å². The molecule has 4 rings (SSSR count). The van der Waals surface area contributed by atoms with Gasteiger partial charge in [-0.05, 0) is 24.5 Å². The van der Waals surface area contributed by atoms with Crippen LogP contribution in [0.15, 0.2) is 33.6 Å². The normalized spacial score (nSPS) is 26.4. The molecule has 2 atom stereocenters. The number of fused-ring (bicyclic) bond motifs is 1. The number of aryl methyl sites for hydroxylation is 1. The van der Waals surface area contributed by atoms with Crippen molar-refractivity contribution >= 4 is 34.4 Å². The van der Waals surface area contributed by atoms with Crippen LogP contribution < -0.4 is 10.7 Å². The lowest BCUT2D eigenvalue weighted by molar-refractivity contribution is 0.374. The molecular weight excluding hydrogens is 286 g/mol. The first-order valence-corrected chi connectivity index (χ1v) is 7.62. The van der Waals surface area contributed by atoms with Gasteiger partial charge in [0.1, 0.15) is 5.00 Å². The smallest absolute Gasteiger partial charge is 0.174 e. The summed E-state index contributed by atoms with van der Waals surface area (Å²) in [5.74, 6) is 2.06. The fraction of sp³-hybridized carbons (Fsp3) is 0.385. The van der Waals surface area contributed by atoms with E-state index in [-0.39, 0.29) is 0 Å². The Morgan fingerprint density at radius 2 is 2.43 bits per heavy atom. The monoisotopic (exact) mass is 301 g/mol. The number of amidine groups is 2. The summed E-state index contributed by atoms with van der Waals surface area (Å²) >= 11 is 1.43. The molecule has 3 aliphatic rings. The topological polar surface area (TPSA) is 77.3 Å². The van der Waals surface area contributed by atoms with E-state index in [1.165, 1.54) is 11.5 Å². The van der Waals surface area contributed by atoms with Crippen LogP contribution in [0.1, 0.15) is 5.69 Å². The van der Waals surface area contributed by atoms with Crippen molar-refractivity contribution in [1.29, 1.82) is 0 Å². The van der Waals surface area contributed by atoms with E-state index in [0.717, 1.165) is 35.5 Å². The number of aliphatic imine (C=N–C) groups is 2. The summed E-state index contributed by atoms with van der Waals surface area (Å²) in [5, 5.41) is 8.41. The summed E-state index contributed by atoms with van der Waals surface area (Å²) in [6.45, 7) is 3.61. The van der Waals surface area contributed by atoms with Crippen LogP contribution in [0.3, 0.4) is 0 Å². The van der Waals surface area contributed by atoms with Gasteiger partial charge in [0.05, 0.1) is 18.3 Å². The molecule has 0 bridgehead atoms. The summed E-state index contributed by atoms with van der Waals surface area (Å²) in [4.78, 5) is 11.3. The summed E-state index contributed by atoms with van der Waals surface area (Å²) in [5.41, 5.74) is 4.02. The van der Waals surface area contributed by atoms with E-state index >= 15 is 0 Å². The molecule has 8 heteroatoms. The van der Waals surface area contributed by atoms with Gasteiger partial charge in [0.2, 0.25) is 0 Å². The molecule has 0 saturated carbocycles. The summed E-state index contributed by atoms with van der Waals surface area (Å²) in [6, 6.07) is 2.32. The fourth-order valence-electron chi connectivity index (χ4n) is 2.69. The van der Waals surface area contributed by atoms with Gasteiger partial charge in [0.15, 0.2) is 11.7 Å². The van der Waals surface area contributed by atoms with Crippen molar-refractivity contribution in [1.82, 2.24) is 14.7 Å². The second-order valence-electron chi connectivity index (χ2n) is 5.18. The van der Waals surface area contributed by atoms with Gasteiger partial charge in [-0.15, -0.1) is 0 Å². The van der Waals surface area contributed by atoms with Gasteiger partial charge in [0.25, 0.3) is 0 Å². The summed E-state index contributed by atoms with van der Waals surface area (Å²) < 4.78 is 4.27. The van der Waals surface area contributed by atoms with Crippen molar-refractivity contribution < 1.29 is 0 Å². The highest BCUT2D eigenvalue weighted by atomic mass is 32.1. The van der Waals surface area contributed by atoms with E-state index in [1.807, 2.05) is 31.6 Å². The SMILES string of the molecule is Cc1cc(NC2=NC=CN3C2=NCC3C2C=NNC2)sn1. The van der Waals surface area contributed by atoms with Gasteiger partial charge < -0.3 is 15.6 Å². The van der Waals surface area contributed by atoms with E-state index in [4.69, 9.17) is 0 Å². The lowest BCUT2D eigenvalue weighted by atomic mass is 10.0. The fourth-order valence-corrected chi connectivity index (χ4v) is 3.35. The summed E-state index contributed by atoms with van der Waals surface area (Å²) in [6.07, 6.45) is 5.78. The van der Waals surface area contributed by atoms with Crippen LogP contribution in [0.25, 0.3) is 0 Å². The zero-order valence-electron chi connectivity index (χ0n) is 11.5. The number of hydrogen-bond donors (Lipinski definition) is 2. The average molecular weight is 301 g/mol. The van der Waals surface area contributed by atoms with Crippen molar-refractivity contribution in [2.75, 3.05) is 18.4 Å². The minimum absolute atomic E-state index is 0.311. The molecule has 0 amide bonds. The molecule has 1 aromatic heterocycles. The number of aromatic nitrogens is 1. The van der Waals surface area contributed by atoms with Gasteiger partial charge in [-0.1, -0.05) is 0 Å². The lowest BCUT2D eigenvalue weighted by Gasteiger charge is -2.29. The Morgan fingerprint density at radius 1 is 1.48 bits per heavy atom. The lowest BCUT2D eigenvalue weighted by Crippen LogP contribution is -2.44. The zero-order valence-corrected chi connectivity index (χ0v) is 12.3. The third-order valence-electron chi connectivity index (χ3n) is 3.72. The van der Waals surface area contributed by atoms with Gasteiger partial charge in [-0.2, -0.15) is 9.47 Å². The van der Waals surface area contributed by atoms with Crippen LogP contribution in [-0.2, 0) is 0 Å². The standard InChI is InChI=1S/C13H15N7S/c1-8-4-11(21-19-8)18-12-13-15-7-10(9-5-16-17-6-9)20(13)3-2-14-12/h2-5,9-10,17H,6-7H2,1H3,(H,14,18). The maximum absolute atomic E-state index is 4.66. The predicted molar refractivity (Wildman–Crippen MR) is 85.0 cm³/mol. The molecule has 0 spiro atoms. The Hall–Kier alpha value is -2.22. The Labute approximate surface area is 126 Å². The number of rotatable bonds is 2. The molecular formula is C13H15N7S. The highest BCUT2D eigenvalue weighted by molar-refractivity contribution is 7.10. The van der Waals surface area contributed by atoms with E-state index in [0.29, 0.717) is 12.0 Å². The molecule has 2 unspecified atom stereocenters. The van der Waals surface area contributed by atoms with Crippen LogP contribution in [0.4, 0.5) is 5.00 Å². The van der Waals surface area contributed by atoms with Crippen molar-refractivity contribution in [3.05, 3.63) is 24.2 Å². The van der Waals surface area contributed by atoms with Crippen molar-refractivity contribution in [2.45, 2.75) is 13.0 Å². The Balaban J connectivity index is 1.54. The Morgan fingerprint density at radius 3 is 3.19 bits per heavy atom. The molecule has 3 aliphatic heterocycles. The van der Waals surface area contributed by atoms with Crippen LogP contribution in [0.2, 0.25) is 0 Å². The number of hydrogen-bond acceptors (Lipinski definition) is 8. The summed E-state index contributed by atoms with van der Waals surface area (Å²) in [7, 11) is 0. The molecule has 108 valence electrons. The van der Waals surface area contributed by atoms with Crippen molar-refractivity contribution in [3.63, 3.8) is 0 Å². The van der Waals surface area contributed by atoms with Crippen LogP contribution in [0.5, 0.6) is 0 Å². The Kier molecular flexibility index (Phi) is 2.95. The van der Waals surface area contributed by atoms with Crippen LogP contribution in [-0.4, -0.2) is 46.3 Å². The molecule has 0 radical (unpaired) electrons. The third kappa shape index (κ3) is 2.21. The first-order chi connectivity index (χ1) is 10.3. The number of nitrogens with zero attached hydrogens (tertiary/aromatic N) is 5. The maximum Gasteiger partial charge on any atom is 0.174 e. The maximum atomic E-state index is 4.66. The largest absolute Gasteiger partial charge is 0.328 e. The first kappa shape index (κ1) is 12.5. The van der Waals surface area contributed by atoms with Gasteiger partial charge in [0, 0.05) is 31.1 Å². The van der Waals surface area contributed by atoms with Gasteiger partial charge >= 0.3 is 0 Å². The van der Waals surface area contributed by atoms with E-state index < -0.39 is 0 Å². The van der Waals surface area contributed by atoms with Gasteiger partial charge in [-0.3, -0.25) is 4.99 Å². The van der Waals surface area contributed by atoms with E-state index in [9.17, 15) is 0 Å². The Bertz CT molecular complexity index is 672.